The summed E-state index contributed by atoms with van der Waals surface area (Å²) in [7, 11) is 1.63. The van der Waals surface area contributed by atoms with E-state index in [9.17, 15) is 4.79 Å². The molecule has 2 fully saturated rings. The molecule has 3 aliphatic rings. The van der Waals surface area contributed by atoms with Crippen molar-refractivity contribution in [3.63, 3.8) is 0 Å². The monoisotopic (exact) mass is 396 g/mol. The van der Waals surface area contributed by atoms with Crippen LogP contribution in [-0.2, 0) is 4.79 Å². The van der Waals surface area contributed by atoms with E-state index in [0.717, 1.165) is 42.9 Å². The van der Waals surface area contributed by atoms with E-state index >= 15 is 0 Å². The Morgan fingerprint density at radius 2 is 2.00 bits per heavy atom. The zero-order valence-electron chi connectivity index (χ0n) is 16.2. The maximum absolute atomic E-state index is 12.4. The van der Waals surface area contributed by atoms with Crippen molar-refractivity contribution in [1.29, 1.82) is 0 Å². The van der Waals surface area contributed by atoms with Gasteiger partial charge in [-0.3, -0.25) is 9.80 Å². The molecule has 2 unspecified atom stereocenters. The van der Waals surface area contributed by atoms with Crippen molar-refractivity contribution in [3.8, 4) is 17.1 Å². The Morgan fingerprint density at radius 1 is 1.21 bits per heavy atom. The molecule has 2 saturated heterocycles. The standard InChI is InChI=1S/C20H24N6O3/c1-28-14-4-2-13(3-5-14)18-24-20(29-25-18)15-11-22-26-16(10-17(27)23-19(15)26)12-6-8-21-9-7-12/h2-5,10,12,15,19,21-22H,6-9,11H2,1H3,(H,23,27). The molecule has 1 aromatic carbocycles. The second kappa shape index (κ2) is 7.49. The van der Waals surface area contributed by atoms with E-state index in [1.165, 1.54) is 0 Å². The molecule has 0 bridgehead atoms. The first-order valence-electron chi connectivity index (χ1n) is 9.96. The Hall–Kier alpha value is -2.91. The summed E-state index contributed by atoms with van der Waals surface area (Å²) in [4.78, 5) is 17.0. The molecule has 29 heavy (non-hydrogen) atoms. The van der Waals surface area contributed by atoms with E-state index in [1.807, 2.05) is 24.3 Å². The number of amides is 1. The van der Waals surface area contributed by atoms with E-state index in [-0.39, 0.29) is 18.0 Å². The molecule has 152 valence electrons. The normalized spacial score (nSPS) is 24.8. The number of rotatable bonds is 4. The Kier molecular flexibility index (Phi) is 4.69. The third-order valence-electron chi connectivity index (χ3n) is 5.85. The zero-order chi connectivity index (χ0) is 19.8. The number of allylic oxidation sites excluding steroid dienone is 1. The summed E-state index contributed by atoms with van der Waals surface area (Å²) in [6, 6.07) is 7.52. The molecule has 0 radical (unpaired) electrons. The first kappa shape index (κ1) is 18.1. The van der Waals surface area contributed by atoms with Crippen molar-refractivity contribution < 1.29 is 14.1 Å². The quantitative estimate of drug-likeness (QED) is 0.703. The molecule has 1 aromatic heterocycles. The summed E-state index contributed by atoms with van der Waals surface area (Å²) in [5.41, 5.74) is 5.33. The van der Waals surface area contributed by atoms with Crippen LogP contribution in [0.5, 0.6) is 5.75 Å². The number of nitrogens with zero attached hydrogens (tertiary/aromatic N) is 3. The fourth-order valence-electron chi connectivity index (χ4n) is 4.29. The van der Waals surface area contributed by atoms with Crippen LogP contribution in [0, 0.1) is 5.92 Å². The molecule has 0 spiro atoms. The first-order chi connectivity index (χ1) is 14.2. The van der Waals surface area contributed by atoms with Gasteiger partial charge in [0.05, 0.1) is 13.0 Å². The third-order valence-corrected chi connectivity index (χ3v) is 5.85. The average molecular weight is 396 g/mol. The number of carbonyl (C=O) groups excluding carboxylic acids is 1. The predicted molar refractivity (Wildman–Crippen MR) is 104 cm³/mol. The second-order valence-corrected chi connectivity index (χ2v) is 7.57. The zero-order valence-corrected chi connectivity index (χ0v) is 16.2. The molecular formula is C20H24N6O3. The van der Waals surface area contributed by atoms with Crippen LogP contribution in [0.1, 0.15) is 24.7 Å². The van der Waals surface area contributed by atoms with Crippen LogP contribution in [0.25, 0.3) is 11.4 Å². The lowest BCUT2D eigenvalue weighted by molar-refractivity contribution is -0.119. The Bertz CT molecular complexity index is 919. The Balaban J connectivity index is 1.37. The number of hydrazine groups is 1. The smallest absolute Gasteiger partial charge is 0.247 e. The summed E-state index contributed by atoms with van der Waals surface area (Å²) >= 11 is 0. The van der Waals surface area contributed by atoms with Crippen molar-refractivity contribution in [2.75, 3.05) is 26.7 Å². The number of hydrogen-bond donors (Lipinski definition) is 3. The minimum Gasteiger partial charge on any atom is -0.497 e. The van der Waals surface area contributed by atoms with Gasteiger partial charge in [-0.2, -0.15) is 4.98 Å². The summed E-state index contributed by atoms with van der Waals surface area (Å²) in [5.74, 6) is 2.00. The lowest BCUT2D eigenvalue weighted by Crippen LogP contribution is -2.53. The predicted octanol–water partition coefficient (Wildman–Crippen LogP) is 0.988. The molecular weight excluding hydrogens is 372 g/mol. The Morgan fingerprint density at radius 3 is 2.76 bits per heavy atom. The van der Waals surface area contributed by atoms with E-state index in [4.69, 9.17) is 9.26 Å². The van der Waals surface area contributed by atoms with E-state index in [0.29, 0.717) is 24.2 Å². The van der Waals surface area contributed by atoms with Gasteiger partial charge in [-0.1, -0.05) is 5.16 Å². The van der Waals surface area contributed by atoms with Gasteiger partial charge < -0.3 is 19.9 Å². The number of ether oxygens (including phenoxy) is 1. The van der Waals surface area contributed by atoms with E-state index in [1.54, 1.807) is 13.2 Å². The van der Waals surface area contributed by atoms with Crippen LogP contribution < -0.4 is 20.8 Å². The molecule has 2 aromatic rings. The number of piperidine rings is 1. The summed E-state index contributed by atoms with van der Waals surface area (Å²) in [6.07, 6.45) is 3.54. The highest BCUT2D eigenvalue weighted by molar-refractivity contribution is 5.89. The summed E-state index contributed by atoms with van der Waals surface area (Å²) in [6.45, 7) is 2.57. The van der Waals surface area contributed by atoms with Crippen molar-refractivity contribution in [3.05, 3.63) is 41.9 Å². The molecule has 9 heteroatoms. The molecule has 0 saturated carbocycles. The van der Waals surface area contributed by atoms with Gasteiger partial charge in [-0.05, 0) is 50.2 Å². The van der Waals surface area contributed by atoms with Crippen LogP contribution in [0.3, 0.4) is 0 Å². The van der Waals surface area contributed by atoms with Crippen LogP contribution in [0.4, 0.5) is 0 Å². The number of methoxy groups -OCH3 is 1. The molecule has 9 nitrogen and oxygen atoms in total. The van der Waals surface area contributed by atoms with Gasteiger partial charge in [0.2, 0.25) is 17.6 Å². The van der Waals surface area contributed by atoms with Gasteiger partial charge in [0, 0.05) is 29.8 Å². The van der Waals surface area contributed by atoms with Gasteiger partial charge >= 0.3 is 0 Å². The fourth-order valence-corrected chi connectivity index (χ4v) is 4.29. The number of aromatic nitrogens is 2. The number of hydrogen-bond acceptors (Lipinski definition) is 8. The SMILES string of the molecule is COc1ccc(-c2noc(C3CNN4C(C5CCNCC5)=CC(=O)NC34)n2)cc1. The highest BCUT2D eigenvalue weighted by atomic mass is 16.5. The number of carbonyl (C=O) groups is 1. The topological polar surface area (TPSA) is 105 Å². The van der Waals surface area contributed by atoms with Crippen molar-refractivity contribution >= 4 is 5.91 Å². The minimum absolute atomic E-state index is 0.0663. The molecule has 5 rings (SSSR count). The highest BCUT2D eigenvalue weighted by Crippen LogP contribution is 2.35. The first-order valence-corrected chi connectivity index (χ1v) is 9.96. The van der Waals surface area contributed by atoms with Crippen LogP contribution >= 0.6 is 0 Å². The van der Waals surface area contributed by atoms with Crippen LogP contribution in [0.2, 0.25) is 0 Å². The fraction of sp³-hybridized carbons (Fsp3) is 0.450. The van der Waals surface area contributed by atoms with Gasteiger partial charge in [-0.25, -0.2) is 5.43 Å². The van der Waals surface area contributed by atoms with E-state index < -0.39 is 0 Å². The van der Waals surface area contributed by atoms with E-state index in [2.05, 4.69) is 31.2 Å². The van der Waals surface area contributed by atoms with Crippen molar-refractivity contribution in [2.45, 2.75) is 24.9 Å². The lowest BCUT2D eigenvalue weighted by Gasteiger charge is -2.38. The number of benzene rings is 1. The largest absolute Gasteiger partial charge is 0.497 e. The molecule has 1 amide bonds. The average Bonchev–Trinajstić information content (AvgIpc) is 3.41. The van der Waals surface area contributed by atoms with Gasteiger partial charge in [-0.15, -0.1) is 0 Å². The Labute approximate surface area is 168 Å². The van der Waals surface area contributed by atoms with Crippen molar-refractivity contribution in [1.82, 2.24) is 31.2 Å². The lowest BCUT2D eigenvalue weighted by atomic mass is 9.92. The number of fused-ring (bicyclic) bond motifs is 1. The van der Waals surface area contributed by atoms with Crippen molar-refractivity contribution in [2.24, 2.45) is 5.92 Å². The van der Waals surface area contributed by atoms with Gasteiger partial charge in [0.1, 0.15) is 11.9 Å². The van der Waals surface area contributed by atoms with Crippen LogP contribution in [0.15, 0.2) is 40.6 Å². The highest BCUT2D eigenvalue weighted by Gasteiger charge is 2.44. The number of nitrogens with one attached hydrogen (secondary N) is 3. The summed E-state index contributed by atoms with van der Waals surface area (Å²) < 4.78 is 10.8. The molecule has 3 N–H and O–H groups in total. The summed E-state index contributed by atoms with van der Waals surface area (Å²) in [5, 5.41) is 12.7. The van der Waals surface area contributed by atoms with Gasteiger partial charge in [0.25, 0.3) is 0 Å². The maximum atomic E-state index is 12.4. The minimum atomic E-state index is -0.235. The maximum Gasteiger partial charge on any atom is 0.247 e. The molecule has 0 aliphatic carbocycles. The molecule has 4 heterocycles. The van der Waals surface area contributed by atoms with Gasteiger partial charge in [0.15, 0.2) is 0 Å². The third kappa shape index (κ3) is 3.36. The molecule has 2 atom stereocenters. The molecule has 3 aliphatic heterocycles. The second-order valence-electron chi connectivity index (χ2n) is 7.57. The van der Waals surface area contributed by atoms with Crippen LogP contribution in [-0.4, -0.2) is 54.0 Å².